The molecule has 3 aliphatic rings. The summed E-state index contributed by atoms with van der Waals surface area (Å²) in [6.45, 7) is 14.1. The number of carbonyl (C=O) groups is 2. The van der Waals surface area contributed by atoms with Crippen molar-refractivity contribution in [2.45, 2.75) is 70.6 Å². The van der Waals surface area contributed by atoms with Crippen LogP contribution in [-0.2, 0) is 14.3 Å². The van der Waals surface area contributed by atoms with Crippen LogP contribution in [0.4, 0.5) is 4.79 Å². The van der Waals surface area contributed by atoms with Gasteiger partial charge in [-0.15, -0.1) is 0 Å². The fourth-order valence-corrected chi connectivity index (χ4v) is 5.10. The second-order valence-corrected chi connectivity index (χ2v) is 10.6. The molecule has 0 aliphatic carbocycles. The largest absolute Gasteiger partial charge is 0.444 e. The van der Waals surface area contributed by atoms with E-state index in [0.717, 1.165) is 39.0 Å². The molecule has 0 saturated carbocycles. The van der Waals surface area contributed by atoms with Crippen LogP contribution < -0.4 is 5.32 Å². The number of rotatable bonds is 4. The van der Waals surface area contributed by atoms with E-state index >= 15 is 0 Å². The van der Waals surface area contributed by atoms with Crippen LogP contribution in [0, 0.1) is 5.92 Å². The predicted molar refractivity (Wildman–Crippen MR) is 120 cm³/mol. The monoisotopic (exact) mass is 438 g/mol. The first kappa shape index (κ1) is 24.3. The summed E-state index contributed by atoms with van der Waals surface area (Å²) in [4.78, 5) is 33.3. The van der Waals surface area contributed by atoms with Crippen LogP contribution in [0.2, 0.25) is 0 Å². The molecule has 3 rings (SSSR count). The molecule has 3 fully saturated rings. The van der Waals surface area contributed by atoms with E-state index in [2.05, 4.69) is 22.2 Å². The Morgan fingerprint density at radius 1 is 0.903 bits per heavy atom. The van der Waals surface area contributed by atoms with Crippen LogP contribution in [0.25, 0.3) is 0 Å². The molecule has 0 aromatic rings. The van der Waals surface area contributed by atoms with Gasteiger partial charge < -0.3 is 24.6 Å². The van der Waals surface area contributed by atoms with Crippen LogP contribution in [0.1, 0.15) is 53.4 Å². The molecule has 8 heteroatoms. The molecule has 0 unspecified atom stereocenters. The number of alkyl carbamates (subject to hydrolysis) is 1. The Kier molecular flexibility index (Phi) is 7.86. The summed E-state index contributed by atoms with van der Waals surface area (Å²) in [5.41, 5.74) is -1.59. The fraction of sp³-hybridized carbons (Fsp3) is 0.913. The van der Waals surface area contributed by atoms with Crippen molar-refractivity contribution in [2.75, 3.05) is 59.5 Å². The molecule has 1 N–H and O–H groups in total. The van der Waals surface area contributed by atoms with Crippen molar-refractivity contribution in [3.8, 4) is 0 Å². The van der Waals surface area contributed by atoms with E-state index in [4.69, 9.17) is 9.47 Å². The standard InChI is InChI=1S/C23H42N4O4/c1-22(2,3)31-21(29)24-23(4,18-8-16-30-17-9-18)20(28)27-14-12-26(13-15-27)19-6-10-25(5)11-7-19/h18-19H,6-17H2,1-5H3,(H,24,29)/t23-/m1/s1. The van der Waals surface area contributed by atoms with Gasteiger partial charge in [0, 0.05) is 45.4 Å². The highest BCUT2D eigenvalue weighted by molar-refractivity contribution is 5.90. The SMILES string of the molecule is CN1CCC(N2CCN(C(=O)[C@](C)(NC(=O)OC(C)(C)C)C3CCOCC3)CC2)CC1. The number of ether oxygens (including phenoxy) is 2. The third kappa shape index (κ3) is 6.33. The van der Waals surface area contributed by atoms with E-state index < -0.39 is 17.2 Å². The van der Waals surface area contributed by atoms with Crippen molar-refractivity contribution in [1.82, 2.24) is 20.0 Å². The van der Waals surface area contributed by atoms with E-state index in [1.807, 2.05) is 32.6 Å². The molecule has 0 aromatic heterocycles. The molecule has 8 nitrogen and oxygen atoms in total. The van der Waals surface area contributed by atoms with Gasteiger partial charge in [0.2, 0.25) is 5.91 Å². The number of likely N-dealkylation sites (tertiary alicyclic amines) is 1. The van der Waals surface area contributed by atoms with E-state index in [1.165, 1.54) is 12.8 Å². The number of amides is 2. The van der Waals surface area contributed by atoms with E-state index in [9.17, 15) is 9.59 Å². The lowest BCUT2D eigenvalue weighted by molar-refractivity contribution is -0.144. The van der Waals surface area contributed by atoms with Crippen molar-refractivity contribution < 1.29 is 19.1 Å². The average molecular weight is 439 g/mol. The van der Waals surface area contributed by atoms with Crippen molar-refractivity contribution in [2.24, 2.45) is 5.92 Å². The van der Waals surface area contributed by atoms with Gasteiger partial charge in [-0.3, -0.25) is 9.69 Å². The smallest absolute Gasteiger partial charge is 0.408 e. The zero-order valence-corrected chi connectivity index (χ0v) is 20.1. The van der Waals surface area contributed by atoms with Crippen LogP contribution in [-0.4, -0.2) is 103 Å². The number of carbonyl (C=O) groups excluding carboxylic acids is 2. The van der Waals surface area contributed by atoms with Gasteiger partial charge in [0.25, 0.3) is 0 Å². The third-order valence-corrected chi connectivity index (χ3v) is 7.05. The Labute approximate surface area is 187 Å². The Morgan fingerprint density at radius 2 is 1.48 bits per heavy atom. The fourth-order valence-electron chi connectivity index (χ4n) is 5.10. The summed E-state index contributed by atoms with van der Waals surface area (Å²) >= 11 is 0. The Bertz CT molecular complexity index is 616. The maximum atomic E-state index is 13.7. The van der Waals surface area contributed by atoms with Crippen LogP contribution in [0.3, 0.4) is 0 Å². The molecular weight excluding hydrogens is 396 g/mol. The van der Waals surface area contributed by atoms with E-state index in [1.54, 1.807) is 0 Å². The average Bonchev–Trinajstić information content (AvgIpc) is 2.73. The van der Waals surface area contributed by atoms with Crippen LogP contribution >= 0.6 is 0 Å². The lowest BCUT2D eigenvalue weighted by atomic mass is 9.79. The van der Waals surface area contributed by atoms with Crippen molar-refractivity contribution in [1.29, 1.82) is 0 Å². The minimum absolute atomic E-state index is 0.00767. The zero-order chi connectivity index (χ0) is 22.6. The summed E-state index contributed by atoms with van der Waals surface area (Å²) in [6.07, 6.45) is 3.38. The van der Waals surface area contributed by atoms with Crippen LogP contribution in [0.5, 0.6) is 0 Å². The maximum absolute atomic E-state index is 13.7. The van der Waals surface area contributed by atoms with Crippen molar-refractivity contribution in [3.05, 3.63) is 0 Å². The molecule has 0 radical (unpaired) electrons. The summed E-state index contributed by atoms with van der Waals surface area (Å²) < 4.78 is 11.0. The lowest BCUT2D eigenvalue weighted by Gasteiger charge is -2.46. The molecule has 0 spiro atoms. The molecule has 1 atom stereocenters. The number of piperazine rings is 1. The minimum atomic E-state index is -0.984. The van der Waals surface area contributed by atoms with E-state index in [0.29, 0.717) is 32.3 Å². The molecule has 3 heterocycles. The molecular formula is C23H42N4O4. The highest BCUT2D eigenvalue weighted by Crippen LogP contribution is 2.30. The normalized spacial score (nSPS) is 25.1. The lowest BCUT2D eigenvalue weighted by Crippen LogP contribution is -2.65. The first-order valence-corrected chi connectivity index (χ1v) is 11.9. The van der Waals surface area contributed by atoms with Crippen molar-refractivity contribution in [3.63, 3.8) is 0 Å². The quantitative estimate of drug-likeness (QED) is 0.723. The predicted octanol–water partition coefficient (Wildman–Crippen LogP) is 1.93. The molecule has 0 bridgehead atoms. The molecule has 2 amide bonds. The Balaban J connectivity index is 1.64. The van der Waals surface area contributed by atoms with Gasteiger partial charge in [-0.2, -0.15) is 0 Å². The van der Waals surface area contributed by atoms with Crippen LogP contribution in [0.15, 0.2) is 0 Å². The maximum Gasteiger partial charge on any atom is 0.408 e. The van der Waals surface area contributed by atoms with Gasteiger partial charge in [-0.05, 0) is 79.4 Å². The zero-order valence-electron chi connectivity index (χ0n) is 20.1. The highest BCUT2D eigenvalue weighted by atomic mass is 16.6. The highest BCUT2D eigenvalue weighted by Gasteiger charge is 2.46. The number of nitrogens with zero attached hydrogens (tertiary/aromatic N) is 3. The van der Waals surface area contributed by atoms with Crippen molar-refractivity contribution >= 4 is 12.0 Å². The number of nitrogens with one attached hydrogen (secondary N) is 1. The summed E-state index contributed by atoms with van der Waals surface area (Å²) in [5.74, 6) is 0.0430. The van der Waals surface area contributed by atoms with E-state index in [-0.39, 0.29) is 11.8 Å². The van der Waals surface area contributed by atoms with Gasteiger partial charge in [0.15, 0.2) is 0 Å². The molecule has 3 aliphatic heterocycles. The number of hydrogen-bond donors (Lipinski definition) is 1. The first-order valence-electron chi connectivity index (χ1n) is 11.9. The van der Waals surface area contributed by atoms with Gasteiger partial charge in [-0.25, -0.2) is 4.79 Å². The summed E-state index contributed by atoms with van der Waals surface area (Å²) in [6, 6.07) is 0.621. The molecule has 0 aromatic carbocycles. The minimum Gasteiger partial charge on any atom is -0.444 e. The third-order valence-electron chi connectivity index (χ3n) is 7.05. The topological polar surface area (TPSA) is 74.4 Å². The van der Waals surface area contributed by atoms with Gasteiger partial charge in [-0.1, -0.05) is 0 Å². The Hall–Kier alpha value is -1.38. The number of hydrogen-bond acceptors (Lipinski definition) is 6. The van der Waals surface area contributed by atoms with Gasteiger partial charge >= 0.3 is 6.09 Å². The second-order valence-electron chi connectivity index (χ2n) is 10.6. The van der Waals surface area contributed by atoms with Gasteiger partial charge in [0.1, 0.15) is 11.1 Å². The van der Waals surface area contributed by atoms with Gasteiger partial charge in [0.05, 0.1) is 0 Å². The summed E-state index contributed by atoms with van der Waals surface area (Å²) in [5, 5.41) is 2.97. The first-order chi connectivity index (χ1) is 14.6. The second kappa shape index (κ2) is 10.0. The molecule has 178 valence electrons. The molecule has 31 heavy (non-hydrogen) atoms. The molecule has 3 saturated heterocycles. The Morgan fingerprint density at radius 3 is 2.03 bits per heavy atom. The summed E-state index contributed by atoms with van der Waals surface area (Å²) in [7, 11) is 2.18. The number of piperidine rings is 1.